The Hall–Kier alpha value is -2.38. The maximum atomic E-state index is 12.2. The van der Waals surface area contributed by atoms with Crippen LogP contribution in [0.4, 0.5) is 0 Å². The summed E-state index contributed by atoms with van der Waals surface area (Å²) in [6.07, 6.45) is 3.64. The van der Waals surface area contributed by atoms with Crippen molar-refractivity contribution in [2.75, 3.05) is 32.8 Å². The molecule has 0 unspecified atom stereocenters. The van der Waals surface area contributed by atoms with Gasteiger partial charge in [0, 0.05) is 44.0 Å². The second-order valence-electron chi connectivity index (χ2n) is 6.91. The van der Waals surface area contributed by atoms with Crippen LogP contribution in [-0.2, 0) is 11.8 Å². The Labute approximate surface area is 154 Å². The summed E-state index contributed by atoms with van der Waals surface area (Å²) < 4.78 is 7.64. The van der Waals surface area contributed by atoms with Crippen molar-refractivity contribution in [3.8, 4) is 5.75 Å². The summed E-state index contributed by atoms with van der Waals surface area (Å²) in [5, 5.41) is 2.91. The Kier molecular flexibility index (Phi) is 5.90. The molecule has 7 heteroatoms. The Morgan fingerprint density at radius 2 is 2.27 bits per heavy atom. The zero-order chi connectivity index (χ0) is 18.5. The number of rotatable bonds is 7. The lowest BCUT2D eigenvalue weighted by molar-refractivity contribution is -0.122. The number of amides is 1. The summed E-state index contributed by atoms with van der Waals surface area (Å²) in [6.45, 7) is 4.79. The highest BCUT2D eigenvalue weighted by Gasteiger charge is 2.33. The van der Waals surface area contributed by atoms with Crippen LogP contribution in [0.1, 0.15) is 17.2 Å². The third kappa shape index (κ3) is 4.62. The van der Waals surface area contributed by atoms with Crippen LogP contribution in [0.3, 0.4) is 0 Å². The molecule has 26 heavy (non-hydrogen) atoms. The molecule has 0 bridgehead atoms. The first kappa shape index (κ1) is 18.4. The number of ether oxygens (including phenoxy) is 1. The number of hydrogen-bond donors (Lipinski definition) is 2. The van der Waals surface area contributed by atoms with E-state index in [0.29, 0.717) is 26.2 Å². The molecule has 1 aromatic heterocycles. The van der Waals surface area contributed by atoms with Gasteiger partial charge in [0.2, 0.25) is 5.91 Å². The topological polar surface area (TPSA) is 85.4 Å². The first-order valence-electron chi connectivity index (χ1n) is 8.93. The van der Waals surface area contributed by atoms with Gasteiger partial charge in [0.05, 0.1) is 19.4 Å². The molecule has 1 fully saturated rings. The Balaban J connectivity index is 1.39. The van der Waals surface area contributed by atoms with Crippen molar-refractivity contribution in [2.24, 2.45) is 12.8 Å². The lowest BCUT2D eigenvalue weighted by atomic mass is 10.0. The fourth-order valence-electron chi connectivity index (χ4n) is 3.40. The molecule has 1 saturated heterocycles. The van der Waals surface area contributed by atoms with Crippen molar-refractivity contribution in [1.29, 1.82) is 0 Å². The summed E-state index contributed by atoms with van der Waals surface area (Å²) >= 11 is 0. The van der Waals surface area contributed by atoms with E-state index in [1.54, 1.807) is 6.33 Å². The van der Waals surface area contributed by atoms with Gasteiger partial charge in [-0.15, -0.1) is 0 Å². The molecule has 1 aliphatic heterocycles. The van der Waals surface area contributed by atoms with Crippen molar-refractivity contribution in [1.82, 2.24) is 19.8 Å². The van der Waals surface area contributed by atoms with E-state index in [4.69, 9.17) is 10.5 Å². The van der Waals surface area contributed by atoms with Crippen LogP contribution in [-0.4, -0.2) is 59.2 Å². The molecular formula is C19H27N5O2. The average Bonchev–Trinajstić information content (AvgIpc) is 3.17. The monoisotopic (exact) mass is 357 g/mol. The number of carbonyl (C=O) groups excluding carboxylic acids is 1. The molecule has 3 rings (SSSR count). The Morgan fingerprint density at radius 3 is 3.00 bits per heavy atom. The third-order valence-corrected chi connectivity index (χ3v) is 4.72. The second-order valence-corrected chi connectivity index (χ2v) is 6.91. The van der Waals surface area contributed by atoms with Gasteiger partial charge in [0.25, 0.3) is 0 Å². The first-order valence-corrected chi connectivity index (χ1v) is 8.93. The van der Waals surface area contributed by atoms with Crippen LogP contribution in [0.2, 0.25) is 0 Å². The lowest BCUT2D eigenvalue weighted by Crippen LogP contribution is -2.38. The number of benzene rings is 1. The third-order valence-electron chi connectivity index (χ3n) is 4.72. The van der Waals surface area contributed by atoms with Gasteiger partial charge >= 0.3 is 0 Å². The smallest absolute Gasteiger partial charge is 0.234 e. The van der Waals surface area contributed by atoms with Crippen LogP contribution >= 0.6 is 0 Å². The number of nitrogens with one attached hydrogen (secondary N) is 1. The normalized spacial score (nSPS) is 20.3. The van der Waals surface area contributed by atoms with Crippen molar-refractivity contribution in [2.45, 2.75) is 18.9 Å². The number of hydrogen-bond acceptors (Lipinski definition) is 5. The summed E-state index contributed by atoms with van der Waals surface area (Å²) in [5.74, 6) is 1.03. The van der Waals surface area contributed by atoms with Gasteiger partial charge < -0.3 is 20.4 Å². The summed E-state index contributed by atoms with van der Waals surface area (Å²) in [4.78, 5) is 18.4. The minimum Gasteiger partial charge on any atom is -0.492 e. The molecule has 2 aromatic rings. The Morgan fingerprint density at radius 1 is 1.42 bits per heavy atom. The first-order chi connectivity index (χ1) is 12.5. The van der Waals surface area contributed by atoms with E-state index in [9.17, 15) is 4.79 Å². The highest BCUT2D eigenvalue weighted by atomic mass is 16.5. The molecule has 0 spiro atoms. The number of carbonyl (C=O) groups is 1. The van der Waals surface area contributed by atoms with Gasteiger partial charge in [-0.3, -0.25) is 9.69 Å². The van der Waals surface area contributed by atoms with Crippen molar-refractivity contribution in [3.05, 3.63) is 48.0 Å². The van der Waals surface area contributed by atoms with E-state index in [-0.39, 0.29) is 17.9 Å². The molecule has 1 amide bonds. The zero-order valence-corrected chi connectivity index (χ0v) is 15.4. The molecule has 2 heterocycles. The molecule has 7 nitrogen and oxygen atoms in total. The fraction of sp³-hybridized carbons (Fsp3) is 0.474. The van der Waals surface area contributed by atoms with E-state index in [1.165, 1.54) is 0 Å². The largest absolute Gasteiger partial charge is 0.492 e. The minimum atomic E-state index is -0.00398. The van der Waals surface area contributed by atoms with Crippen LogP contribution in [0.15, 0.2) is 36.8 Å². The van der Waals surface area contributed by atoms with E-state index < -0.39 is 0 Å². The van der Waals surface area contributed by atoms with E-state index in [2.05, 4.69) is 15.2 Å². The fourth-order valence-corrected chi connectivity index (χ4v) is 3.40. The SMILES string of the molecule is Cc1cccc(OCCNC(=O)CN2C[C@@H](N)[C@H](c3cncn3C)C2)c1. The average molecular weight is 357 g/mol. The second kappa shape index (κ2) is 8.33. The van der Waals surface area contributed by atoms with Crippen molar-refractivity contribution >= 4 is 5.91 Å². The van der Waals surface area contributed by atoms with Gasteiger partial charge in [0.1, 0.15) is 12.4 Å². The molecule has 0 saturated carbocycles. The molecular weight excluding hydrogens is 330 g/mol. The molecule has 2 atom stereocenters. The molecule has 3 N–H and O–H groups in total. The number of nitrogens with two attached hydrogens (primary N) is 1. The predicted octanol–water partition coefficient (Wildman–Crippen LogP) is 0.650. The maximum Gasteiger partial charge on any atom is 0.234 e. The molecule has 1 aliphatic rings. The molecule has 0 radical (unpaired) electrons. The molecule has 140 valence electrons. The molecule has 1 aromatic carbocycles. The van der Waals surface area contributed by atoms with Crippen LogP contribution < -0.4 is 15.8 Å². The molecule has 0 aliphatic carbocycles. The summed E-state index contributed by atoms with van der Waals surface area (Å²) in [5.41, 5.74) is 8.54. The number of aryl methyl sites for hydroxylation is 2. The number of nitrogens with zero attached hydrogens (tertiary/aromatic N) is 3. The van der Waals surface area contributed by atoms with Gasteiger partial charge in [-0.1, -0.05) is 12.1 Å². The van der Waals surface area contributed by atoms with Crippen LogP contribution in [0.5, 0.6) is 5.75 Å². The van der Waals surface area contributed by atoms with Gasteiger partial charge in [0.15, 0.2) is 0 Å². The standard InChI is InChI=1S/C19H27N5O2/c1-14-4-3-5-15(8-14)26-7-6-22-19(25)12-24-10-16(17(20)11-24)18-9-21-13-23(18)2/h3-5,8-9,13,16-17H,6-7,10-12,20H2,1-2H3,(H,22,25)/t16-,17-/m1/s1. The maximum absolute atomic E-state index is 12.2. The number of aromatic nitrogens is 2. The van der Waals surface area contributed by atoms with Crippen LogP contribution in [0, 0.1) is 6.92 Å². The summed E-state index contributed by atoms with van der Waals surface area (Å²) in [6, 6.07) is 7.89. The zero-order valence-electron chi connectivity index (χ0n) is 15.4. The van der Waals surface area contributed by atoms with E-state index in [1.807, 2.05) is 49.0 Å². The minimum absolute atomic E-state index is 0.00398. The number of imidazole rings is 1. The Bertz CT molecular complexity index is 745. The quantitative estimate of drug-likeness (QED) is 0.711. The van der Waals surface area contributed by atoms with Gasteiger partial charge in [-0.25, -0.2) is 4.98 Å². The van der Waals surface area contributed by atoms with Gasteiger partial charge in [-0.05, 0) is 24.6 Å². The lowest BCUT2D eigenvalue weighted by Gasteiger charge is -2.16. The summed E-state index contributed by atoms with van der Waals surface area (Å²) in [7, 11) is 1.97. The van der Waals surface area contributed by atoms with Gasteiger partial charge in [-0.2, -0.15) is 0 Å². The van der Waals surface area contributed by atoms with E-state index in [0.717, 1.165) is 23.6 Å². The van der Waals surface area contributed by atoms with E-state index >= 15 is 0 Å². The highest BCUT2D eigenvalue weighted by molar-refractivity contribution is 5.78. The van der Waals surface area contributed by atoms with Crippen LogP contribution in [0.25, 0.3) is 0 Å². The number of likely N-dealkylation sites (tertiary alicyclic amines) is 1. The van der Waals surface area contributed by atoms with Crippen molar-refractivity contribution in [3.63, 3.8) is 0 Å². The highest BCUT2D eigenvalue weighted by Crippen LogP contribution is 2.25. The van der Waals surface area contributed by atoms with Crippen molar-refractivity contribution < 1.29 is 9.53 Å². The predicted molar refractivity (Wildman–Crippen MR) is 100 cm³/mol.